The fourth-order valence-corrected chi connectivity index (χ4v) is 4.85. The first kappa shape index (κ1) is 17.4. The van der Waals surface area contributed by atoms with E-state index in [-0.39, 0.29) is 0 Å². The smallest absolute Gasteiger partial charge is 0.0964 e. The molecule has 0 spiro atoms. The fourth-order valence-electron chi connectivity index (χ4n) is 4.85. The van der Waals surface area contributed by atoms with Gasteiger partial charge in [0, 0.05) is 28.7 Å². The van der Waals surface area contributed by atoms with Crippen LogP contribution in [-0.4, -0.2) is 9.97 Å². The summed E-state index contributed by atoms with van der Waals surface area (Å²) < 4.78 is 0. The van der Waals surface area contributed by atoms with Gasteiger partial charge in [0.25, 0.3) is 0 Å². The van der Waals surface area contributed by atoms with E-state index < -0.39 is 0 Å². The summed E-state index contributed by atoms with van der Waals surface area (Å²) >= 11 is 0. The number of benzene rings is 5. The van der Waals surface area contributed by atoms with Crippen molar-refractivity contribution in [1.82, 2.24) is 9.97 Å². The largest absolute Gasteiger partial charge is 0.254 e. The van der Waals surface area contributed by atoms with Gasteiger partial charge < -0.3 is 0 Å². The van der Waals surface area contributed by atoms with Crippen molar-refractivity contribution in [3.05, 3.63) is 109 Å². The van der Waals surface area contributed by atoms with Crippen molar-refractivity contribution in [3.63, 3.8) is 0 Å². The molecule has 32 heavy (non-hydrogen) atoms. The lowest BCUT2D eigenvalue weighted by Gasteiger charge is -2.11. The number of nitrogens with zero attached hydrogens (tertiary/aromatic N) is 2. The van der Waals surface area contributed by atoms with Crippen molar-refractivity contribution in [2.24, 2.45) is 0 Å². The van der Waals surface area contributed by atoms with Gasteiger partial charge in [0.05, 0.1) is 11.0 Å². The summed E-state index contributed by atoms with van der Waals surface area (Å²) in [5, 5.41) is 9.77. The van der Waals surface area contributed by atoms with Crippen LogP contribution < -0.4 is 0 Å². The van der Waals surface area contributed by atoms with E-state index in [2.05, 4.69) is 96.0 Å². The van der Waals surface area contributed by atoms with Crippen LogP contribution in [0.1, 0.15) is 0 Å². The first-order chi connectivity index (χ1) is 15.8. The summed E-state index contributed by atoms with van der Waals surface area (Å²) in [4.78, 5) is 9.39. The molecule has 5 aromatic carbocycles. The average molecular weight is 406 g/mol. The van der Waals surface area contributed by atoms with E-state index in [1.807, 2.05) is 18.5 Å². The third-order valence-corrected chi connectivity index (χ3v) is 6.44. The molecule has 0 radical (unpaired) electrons. The maximum Gasteiger partial charge on any atom is 0.0964 e. The van der Waals surface area contributed by atoms with E-state index in [9.17, 15) is 0 Å². The van der Waals surface area contributed by atoms with Gasteiger partial charge in [-0.1, -0.05) is 60.7 Å². The summed E-state index contributed by atoms with van der Waals surface area (Å²) in [5.41, 5.74) is 4.22. The first-order valence-corrected chi connectivity index (χ1v) is 10.8. The van der Waals surface area contributed by atoms with Crippen LogP contribution in [0.3, 0.4) is 0 Å². The van der Waals surface area contributed by atoms with Crippen LogP contribution in [0, 0.1) is 0 Å². The molecular weight excluding hydrogens is 388 g/mol. The first-order valence-electron chi connectivity index (χ1n) is 10.8. The Bertz CT molecular complexity index is 1830. The van der Waals surface area contributed by atoms with Crippen LogP contribution in [0.4, 0.5) is 0 Å². The zero-order valence-corrected chi connectivity index (χ0v) is 17.3. The lowest BCUT2D eigenvalue weighted by atomic mass is 9.94. The van der Waals surface area contributed by atoms with E-state index in [1.165, 1.54) is 37.9 Å². The average Bonchev–Trinajstić information content (AvgIpc) is 2.85. The van der Waals surface area contributed by atoms with Gasteiger partial charge in [0.1, 0.15) is 0 Å². The van der Waals surface area contributed by atoms with Gasteiger partial charge in [-0.05, 0) is 74.3 Å². The van der Waals surface area contributed by atoms with Crippen LogP contribution in [0.5, 0.6) is 0 Å². The maximum atomic E-state index is 4.83. The van der Waals surface area contributed by atoms with Crippen LogP contribution >= 0.6 is 0 Å². The molecule has 2 heterocycles. The number of aromatic nitrogens is 2. The summed E-state index contributed by atoms with van der Waals surface area (Å²) in [7, 11) is 0. The Morgan fingerprint density at radius 3 is 2.00 bits per heavy atom. The minimum atomic E-state index is 0.948. The van der Waals surface area contributed by atoms with Gasteiger partial charge >= 0.3 is 0 Å². The van der Waals surface area contributed by atoms with Gasteiger partial charge in [-0.25, -0.2) is 0 Å². The van der Waals surface area contributed by atoms with Gasteiger partial charge in [0.15, 0.2) is 0 Å². The van der Waals surface area contributed by atoms with E-state index in [0.717, 1.165) is 27.4 Å². The quantitative estimate of drug-likeness (QED) is 0.204. The molecule has 0 amide bonds. The predicted molar refractivity (Wildman–Crippen MR) is 135 cm³/mol. The molecule has 0 saturated heterocycles. The molecule has 0 saturated carbocycles. The topological polar surface area (TPSA) is 25.8 Å². The predicted octanol–water partition coefficient (Wildman–Crippen LogP) is 7.91. The number of hydrogen-bond donors (Lipinski definition) is 0. The lowest BCUT2D eigenvalue weighted by Crippen LogP contribution is -1.88. The molecule has 2 nitrogen and oxygen atoms in total. The molecule has 7 rings (SSSR count). The van der Waals surface area contributed by atoms with Crippen molar-refractivity contribution < 1.29 is 0 Å². The minimum Gasteiger partial charge on any atom is -0.254 e. The summed E-state index contributed by atoms with van der Waals surface area (Å²) in [6.45, 7) is 0. The van der Waals surface area contributed by atoms with E-state index in [1.54, 1.807) is 0 Å². The Kier molecular flexibility index (Phi) is 3.58. The second-order valence-corrected chi connectivity index (χ2v) is 8.36. The molecule has 0 fully saturated rings. The highest BCUT2D eigenvalue weighted by atomic mass is 14.7. The molecule has 0 aliphatic carbocycles. The van der Waals surface area contributed by atoms with Gasteiger partial charge in [0.2, 0.25) is 0 Å². The third kappa shape index (κ3) is 2.60. The number of pyridine rings is 2. The second-order valence-electron chi connectivity index (χ2n) is 8.36. The third-order valence-electron chi connectivity index (χ3n) is 6.44. The minimum absolute atomic E-state index is 0.948. The van der Waals surface area contributed by atoms with Crippen LogP contribution in [0.25, 0.3) is 65.3 Å². The van der Waals surface area contributed by atoms with E-state index in [4.69, 9.17) is 4.98 Å². The Morgan fingerprint density at radius 1 is 0.438 bits per heavy atom. The molecule has 0 aliphatic rings. The second kappa shape index (κ2) is 6.60. The molecule has 0 unspecified atom stereocenters. The van der Waals surface area contributed by atoms with Crippen molar-refractivity contribution in [3.8, 4) is 11.1 Å². The van der Waals surface area contributed by atoms with Gasteiger partial charge in [-0.2, -0.15) is 0 Å². The Labute approximate surface area is 184 Å². The van der Waals surface area contributed by atoms with Gasteiger partial charge in [-0.3, -0.25) is 9.97 Å². The lowest BCUT2D eigenvalue weighted by molar-refractivity contribution is 1.37. The SMILES string of the molecule is c1ccc2cc3cc4c(-c5cnc6c(ccc7cccnc76)c5)cccc4cc3cc2c1. The zero-order valence-electron chi connectivity index (χ0n) is 17.3. The molecule has 2 aromatic heterocycles. The molecule has 0 atom stereocenters. The highest BCUT2D eigenvalue weighted by Crippen LogP contribution is 2.34. The maximum absolute atomic E-state index is 4.83. The standard InChI is InChI=1S/C30H18N2/c1-2-6-21-14-25-17-28-22(15-24(25)13-20(21)5-1)7-3-9-27(28)26-16-23-11-10-19-8-4-12-31-29(19)30(23)32-18-26/h1-18H. The number of hydrogen-bond acceptors (Lipinski definition) is 2. The van der Waals surface area contributed by atoms with Crippen molar-refractivity contribution in [2.45, 2.75) is 0 Å². The summed E-state index contributed by atoms with van der Waals surface area (Å²) in [6, 6.07) is 34.8. The Hall–Kier alpha value is -4.30. The van der Waals surface area contributed by atoms with Crippen molar-refractivity contribution >= 4 is 54.1 Å². The molecule has 2 heteroatoms. The number of fused-ring (bicyclic) bond motifs is 6. The monoisotopic (exact) mass is 406 g/mol. The normalized spacial score (nSPS) is 11.8. The van der Waals surface area contributed by atoms with Gasteiger partial charge in [-0.15, -0.1) is 0 Å². The molecule has 0 N–H and O–H groups in total. The van der Waals surface area contributed by atoms with Crippen molar-refractivity contribution in [2.75, 3.05) is 0 Å². The van der Waals surface area contributed by atoms with Crippen LogP contribution in [0.15, 0.2) is 109 Å². The van der Waals surface area contributed by atoms with E-state index in [0.29, 0.717) is 0 Å². The summed E-state index contributed by atoms with van der Waals surface area (Å²) in [5.74, 6) is 0. The molecule has 0 bridgehead atoms. The summed E-state index contributed by atoms with van der Waals surface area (Å²) in [6.07, 6.45) is 3.81. The highest BCUT2D eigenvalue weighted by Gasteiger charge is 2.09. The van der Waals surface area contributed by atoms with E-state index >= 15 is 0 Å². The molecular formula is C30H18N2. The van der Waals surface area contributed by atoms with Crippen molar-refractivity contribution in [1.29, 1.82) is 0 Å². The molecule has 148 valence electrons. The van der Waals surface area contributed by atoms with Crippen LogP contribution in [0.2, 0.25) is 0 Å². The number of rotatable bonds is 1. The Morgan fingerprint density at radius 2 is 1.12 bits per heavy atom. The zero-order chi connectivity index (χ0) is 21.1. The Balaban J connectivity index is 1.48. The van der Waals surface area contributed by atoms with Crippen LogP contribution in [-0.2, 0) is 0 Å². The fraction of sp³-hybridized carbons (Fsp3) is 0. The highest BCUT2D eigenvalue weighted by molar-refractivity contribution is 6.09. The molecule has 7 aromatic rings. The molecule has 0 aliphatic heterocycles.